The van der Waals surface area contributed by atoms with Crippen molar-refractivity contribution in [2.24, 2.45) is 0 Å². The highest BCUT2D eigenvalue weighted by atomic mass is 19.1. The summed E-state index contributed by atoms with van der Waals surface area (Å²) in [4.78, 5) is 22.4. The molecule has 0 bridgehead atoms. The molecule has 0 radical (unpaired) electrons. The third-order valence-electron chi connectivity index (χ3n) is 2.93. The molecule has 110 valence electrons. The van der Waals surface area contributed by atoms with Gasteiger partial charge in [-0.2, -0.15) is 0 Å². The zero-order valence-corrected chi connectivity index (χ0v) is 11.5. The molecule has 2 N–H and O–H groups in total. The van der Waals surface area contributed by atoms with Crippen molar-refractivity contribution in [3.05, 3.63) is 29.6 Å². The zero-order chi connectivity index (χ0) is 15.1. The average Bonchev–Trinajstić information content (AvgIpc) is 2.43. The molecule has 1 unspecified atom stereocenters. The van der Waals surface area contributed by atoms with Crippen molar-refractivity contribution in [1.82, 2.24) is 5.32 Å². The fraction of sp³-hybridized carbons (Fsp3) is 0.429. The molecule has 0 aliphatic carbocycles. The first-order valence-corrected chi connectivity index (χ1v) is 6.33. The van der Waals surface area contributed by atoms with Crippen LogP contribution in [0.2, 0.25) is 0 Å². The maximum absolute atomic E-state index is 13.8. The van der Waals surface area contributed by atoms with Gasteiger partial charge in [0.1, 0.15) is 6.04 Å². The molecule has 0 aliphatic rings. The molecular weight excluding hydrogens is 265 g/mol. The second-order valence-electron chi connectivity index (χ2n) is 4.30. The molecule has 20 heavy (non-hydrogen) atoms. The summed E-state index contributed by atoms with van der Waals surface area (Å²) in [5.41, 5.74) is 0.364. The Bertz CT molecular complexity index is 490. The Morgan fingerprint density at radius 2 is 2.15 bits per heavy atom. The molecular formula is C14H18FNO4. The number of rotatable bonds is 7. The van der Waals surface area contributed by atoms with Gasteiger partial charge in [-0.15, -0.1) is 0 Å². The summed E-state index contributed by atoms with van der Waals surface area (Å²) in [6.45, 7) is 1.67. The average molecular weight is 283 g/mol. The Morgan fingerprint density at radius 3 is 2.70 bits per heavy atom. The molecule has 1 amide bonds. The Kier molecular flexibility index (Phi) is 5.96. The van der Waals surface area contributed by atoms with Gasteiger partial charge in [-0.05, 0) is 24.5 Å². The van der Waals surface area contributed by atoms with Crippen molar-refractivity contribution in [3.8, 4) is 5.75 Å². The number of nitrogens with one attached hydrogen (secondary N) is 1. The number of hydrogen-bond donors (Lipinski definition) is 2. The fourth-order valence-electron chi connectivity index (χ4n) is 1.76. The Labute approximate surface area is 116 Å². The molecule has 1 aromatic rings. The summed E-state index contributed by atoms with van der Waals surface area (Å²) < 4.78 is 18.7. The van der Waals surface area contributed by atoms with E-state index >= 15 is 0 Å². The van der Waals surface area contributed by atoms with E-state index in [1.165, 1.54) is 13.2 Å². The van der Waals surface area contributed by atoms with Crippen LogP contribution in [0.4, 0.5) is 4.39 Å². The molecule has 1 aromatic carbocycles. The number of carbonyl (C=O) groups is 2. The van der Waals surface area contributed by atoms with E-state index in [1.807, 2.05) is 0 Å². The van der Waals surface area contributed by atoms with Gasteiger partial charge >= 0.3 is 5.97 Å². The van der Waals surface area contributed by atoms with E-state index in [2.05, 4.69) is 5.32 Å². The summed E-state index contributed by atoms with van der Waals surface area (Å²) in [5, 5.41) is 11.2. The van der Waals surface area contributed by atoms with E-state index in [-0.39, 0.29) is 18.6 Å². The van der Waals surface area contributed by atoms with Crippen molar-refractivity contribution in [3.63, 3.8) is 0 Å². The predicted octanol–water partition coefficient (Wildman–Crippen LogP) is 1.75. The highest BCUT2D eigenvalue weighted by Crippen LogP contribution is 2.20. The molecule has 0 aliphatic heterocycles. The minimum Gasteiger partial charge on any atom is -0.494 e. The summed E-state index contributed by atoms with van der Waals surface area (Å²) in [7, 11) is 1.37. The van der Waals surface area contributed by atoms with E-state index in [1.54, 1.807) is 19.1 Å². The van der Waals surface area contributed by atoms with E-state index < -0.39 is 23.7 Å². The second kappa shape index (κ2) is 7.47. The maximum Gasteiger partial charge on any atom is 0.326 e. The molecule has 0 saturated carbocycles. The van der Waals surface area contributed by atoms with Crippen molar-refractivity contribution < 1.29 is 23.8 Å². The third kappa shape index (κ3) is 4.22. The number of carboxylic acid groups (broad SMARTS) is 1. The van der Waals surface area contributed by atoms with Crippen molar-refractivity contribution in [1.29, 1.82) is 0 Å². The number of methoxy groups -OCH3 is 1. The summed E-state index contributed by atoms with van der Waals surface area (Å²) in [6.07, 6.45) is 0.507. The lowest BCUT2D eigenvalue weighted by Gasteiger charge is -2.12. The lowest BCUT2D eigenvalue weighted by molar-refractivity contribution is -0.141. The van der Waals surface area contributed by atoms with Crippen LogP contribution in [0.5, 0.6) is 5.75 Å². The number of aryl methyl sites for hydroxylation is 1. The van der Waals surface area contributed by atoms with Gasteiger partial charge in [0.05, 0.1) is 7.11 Å². The van der Waals surface area contributed by atoms with Crippen LogP contribution in [-0.2, 0) is 16.0 Å². The molecule has 0 aromatic heterocycles. The van der Waals surface area contributed by atoms with Crippen LogP contribution in [0, 0.1) is 5.82 Å². The van der Waals surface area contributed by atoms with Crippen LogP contribution in [0.1, 0.15) is 25.3 Å². The molecule has 0 heterocycles. The zero-order valence-electron chi connectivity index (χ0n) is 11.5. The summed E-state index contributed by atoms with van der Waals surface area (Å²) in [6, 6.07) is 3.80. The Hall–Kier alpha value is -2.11. The third-order valence-corrected chi connectivity index (χ3v) is 2.93. The quantitative estimate of drug-likeness (QED) is 0.799. The number of carboxylic acids is 1. The highest BCUT2D eigenvalue weighted by Gasteiger charge is 2.17. The maximum atomic E-state index is 13.8. The predicted molar refractivity (Wildman–Crippen MR) is 71.1 cm³/mol. The first-order valence-electron chi connectivity index (χ1n) is 6.33. The highest BCUT2D eigenvalue weighted by molar-refractivity contribution is 5.83. The molecule has 1 rings (SSSR count). The number of benzene rings is 1. The van der Waals surface area contributed by atoms with Gasteiger partial charge in [-0.1, -0.05) is 19.1 Å². The van der Waals surface area contributed by atoms with E-state index in [4.69, 9.17) is 9.84 Å². The van der Waals surface area contributed by atoms with Crippen LogP contribution < -0.4 is 10.1 Å². The normalized spacial score (nSPS) is 11.8. The minimum atomic E-state index is -1.08. The van der Waals surface area contributed by atoms with Crippen molar-refractivity contribution >= 4 is 11.9 Å². The van der Waals surface area contributed by atoms with Crippen LogP contribution >= 0.6 is 0 Å². The number of amides is 1. The van der Waals surface area contributed by atoms with Crippen LogP contribution in [0.25, 0.3) is 0 Å². The van der Waals surface area contributed by atoms with Gasteiger partial charge in [0, 0.05) is 6.42 Å². The number of ether oxygens (including phenoxy) is 1. The van der Waals surface area contributed by atoms with Gasteiger partial charge in [0.2, 0.25) is 5.91 Å². The molecule has 0 saturated heterocycles. The van der Waals surface area contributed by atoms with Crippen molar-refractivity contribution in [2.45, 2.75) is 32.2 Å². The molecule has 1 atom stereocenters. The van der Waals surface area contributed by atoms with Crippen molar-refractivity contribution in [2.75, 3.05) is 7.11 Å². The van der Waals surface area contributed by atoms with Crippen LogP contribution in [0.3, 0.4) is 0 Å². The number of hydrogen-bond acceptors (Lipinski definition) is 3. The van der Waals surface area contributed by atoms with E-state index in [0.717, 1.165) is 0 Å². The van der Waals surface area contributed by atoms with Gasteiger partial charge in [-0.3, -0.25) is 4.79 Å². The lowest BCUT2D eigenvalue weighted by Crippen LogP contribution is -2.40. The van der Waals surface area contributed by atoms with Crippen LogP contribution in [0.15, 0.2) is 18.2 Å². The minimum absolute atomic E-state index is 0.0217. The summed E-state index contributed by atoms with van der Waals surface area (Å²) >= 11 is 0. The smallest absolute Gasteiger partial charge is 0.326 e. The molecule has 5 nitrogen and oxygen atoms in total. The largest absolute Gasteiger partial charge is 0.494 e. The summed E-state index contributed by atoms with van der Waals surface area (Å²) in [5.74, 6) is -1.86. The van der Waals surface area contributed by atoms with E-state index in [0.29, 0.717) is 12.0 Å². The molecule has 0 fully saturated rings. The first kappa shape index (κ1) is 15.9. The standard InChI is InChI=1S/C14H18FNO4/c1-3-10(14(18)19)16-12(17)8-7-9-5-4-6-11(20-2)13(9)15/h4-6,10H,3,7-8H2,1-2H3,(H,16,17)(H,18,19). The molecule has 0 spiro atoms. The SMILES string of the molecule is CCC(NC(=O)CCc1cccc(OC)c1F)C(=O)O. The number of aliphatic carboxylic acids is 1. The lowest BCUT2D eigenvalue weighted by atomic mass is 10.1. The monoisotopic (exact) mass is 283 g/mol. The van der Waals surface area contributed by atoms with Crippen LogP contribution in [-0.4, -0.2) is 30.1 Å². The topological polar surface area (TPSA) is 75.6 Å². The van der Waals surface area contributed by atoms with E-state index in [9.17, 15) is 14.0 Å². The first-order chi connectivity index (χ1) is 9.49. The van der Waals surface area contributed by atoms with Gasteiger partial charge in [0.25, 0.3) is 0 Å². The number of carbonyl (C=O) groups excluding carboxylic acids is 1. The molecule has 6 heteroatoms. The fourth-order valence-corrected chi connectivity index (χ4v) is 1.76. The Balaban J connectivity index is 2.59. The van der Waals surface area contributed by atoms with Gasteiger partial charge in [0.15, 0.2) is 11.6 Å². The number of halogens is 1. The second-order valence-corrected chi connectivity index (χ2v) is 4.30. The van der Waals surface area contributed by atoms with Gasteiger partial charge in [-0.25, -0.2) is 9.18 Å². The Morgan fingerprint density at radius 1 is 1.45 bits per heavy atom. The van der Waals surface area contributed by atoms with Gasteiger partial charge < -0.3 is 15.2 Å².